The van der Waals surface area contributed by atoms with Gasteiger partial charge >= 0.3 is 5.97 Å². The molecule has 0 unspecified atom stereocenters. The highest BCUT2D eigenvalue weighted by Gasteiger charge is 2.18. The number of carbonyl (C=O) groups is 1. The molecule has 0 saturated heterocycles. The van der Waals surface area contributed by atoms with E-state index in [1.807, 2.05) is 0 Å². The summed E-state index contributed by atoms with van der Waals surface area (Å²) in [6.45, 7) is 5.23. The van der Waals surface area contributed by atoms with E-state index in [0.717, 1.165) is 6.42 Å². The zero-order valence-electron chi connectivity index (χ0n) is 10.5. The van der Waals surface area contributed by atoms with Crippen LogP contribution in [0, 0.1) is 5.92 Å². The van der Waals surface area contributed by atoms with Gasteiger partial charge in [-0.25, -0.2) is 9.48 Å². The highest BCUT2D eigenvalue weighted by Crippen LogP contribution is 2.12. The Labute approximate surface area is 101 Å². The molecule has 0 saturated carbocycles. The molecule has 1 N–H and O–H groups in total. The van der Waals surface area contributed by atoms with Crippen LogP contribution < -0.4 is 0 Å². The van der Waals surface area contributed by atoms with Crippen LogP contribution in [0.25, 0.3) is 0 Å². The average molecular weight is 241 g/mol. The van der Waals surface area contributed by atoms with Crippen LogP contribution in [-0.2, 0) is 17.7 Å². The lowest BCUT2D eigenvalue weighted by Gasteiger charge is -2.08. The fourth-order valence-electron chi connectivity index (χ4n) is 1.53. The molecule has 6 nitrogen and oxygen atoms in total. The summed E-state index contributed by atoms with van der Waals surface area (Å²) < 4.78 is 6.58. The zero-order chi connectivity index (χ0) is 12.8. The summed E-state index contributed by atoms with van der Waals surface area (Å²) in [5.74, 6) is -0.505. The van der Waals surface area contributed by atoms with Crippen LogP contribution in [0.4, 0.5) is 0 Å². The number of carboxylic acid groups (broad SMARTS) is 1. The molecule has 1 aromatic heterocycles. The molecule has 0 atom stereocenters. The molecule has 0 aliphatic carbocycles. The van der Waals surface area contributed by atoms with Crippen molar-refractivity contribution in [3.8, 4) is 0 Å². The van der Waals surface area contributed by atoms with Gasteiger partial charge in [0, 0.05) is 7.11 Å². The summed E-state index contributed by atoms with van der Waals surface area (Å²) in [7, 11) is 1.60. The second-order valence-corrected chi connectivity index (χ2v) is 4.34. The Morgan fingerprint density at radius 2 is 2.24 bits per heavy atom. The Hall–Kier alpha value is -1.43. The monoisotopic (exact) mass is 241 g/mol. The Balaban J connectivity index is 2.85. The quantitative estimate of drug-likeness (QED) is 0.776. The van der Waals surface area contributed by atoms with Crippen LogP contribution in [0.2, 0.25) is 0 Å². The van der Waals surface area contributed by atoms with Crippen molar-refractivity contribution in [1.82, 2.24) is 15.0 Å². The molecule has 0 bridgehead atoms. The van der Waals surface area contributed by atoms with Crippen LogP contribution in [0.5, 0.6) is 0 Å². The molecule has 6 heteroatoms. The first kappa shape index (κ1) is 13.6. The number of carboxylic acids is 1. The first-order valence-corrected chi connectivity index (χ1v) is 5.70. The van der Waals surface area contributed by atoms with E-state index in [1.165, 1.54) is 0 Å². The number of methoxy groups -OCH3 is 1. The van der Waals surface area contributed by atoms with Gasteiger partial charge in [0.1, 0.15) is 0 Å². The number of aromatic carboxylic acids is 1. The van der Waals surface area contributed by atoms with E-state index in [9.17, 15) is 4.79 Å². The van der Waals surface area contributed by atoms with E-state index in [1.54, 1.807) is 11.8 Å². The molecule has 0 amide bonds. The van der Waals surface area contributed by atoms with Gasteiger partial charge < -0.3 is 9.84 Å². The van der Waals surface area contributed by atoms with Crippen LogP contribution in [-0.4, -0.2) is 39.8 Å². The van der Waals surface area contributed by atoms with E-state index in [0.29, 0.717) is 31.2 Å². The molecule has 1 aromatic rings. The molecule has 0 aromatic carbocycles. The highest BCUT2D eigenvalue weighted by molar-refractivity contribution is 5.86. The molecule has 17 heavy (non-hydrogen) atoms. The van der Waals surface area contributed by atoms with Gasteiger partial charge in [-0.15, -0.1) is 5.10 Å². The van der Waals surface area contributed by atoms with Gasteiger partial charge in [0.05, 0.1) is 18.8 Å². The molecule has 96 valence electrons. The maximum Gasteiger partial charge on any atom is 0.358 e. The van der Waals surface area contributed by atoms with Gasteiger partial charge in [-0.05, 0) is 18.8 Å². The standard InChI is InChI=1S/C11H19N3O3/c1-8(2)4-5-9-10(11(15)16)12-13-14(9)6-7-17-3/h8H,4-7H2,1-3H3,(H,15,16). The zero-order valence-corrected chi connectivity index (χ0v) is 10.5. The highest BCUT2D eigenvalue weighted by atomic mass is 16.5. The molecule has 0 aliphatic rings. The second kappa shape index (κ2) is 6.34. The predicted molar refractivity (Wildman–Crippen MR) is 62.0 cm³/mol. The first-order chi connectivity index (χ1) is 8.06. The number of hydrogen-bond donors (Lipinski definition) is 1. The smallest absolute Gasteiger partial charge is 0.358 e. The molecule has 0 aliphatic heterocycles. The van der Waals surface area contributed by atoms with Crippen molar-refractivity contribution in [2.24, 2.45) is 5.92 Å². The summed E-state index contributed by atoms with van der Waals surface area (Å²) >= 11 is 0. The average Bonchev–Trinajstić information content (AvgIpc) is 2.66. The van der Waals surface area contributed by atoms with Crippen LogP contribution in [0.1, 0.15) is 36.5 Å². The Morgan fingerprint density at radius 1 is 1.53 bits per heavy atom. The Morgan fingerprint density at radius 3 is 2.76 bits per heavy atom. The van der Waals surface area contributed by atoms with Gasteiger partial charge in [0.15, 0.2) is 5.69 Å². The normalized spacial score (nSPS) is 11.1. The van der Waals surface area contributed by atoms with E-state index >= 15 is 0 Å². The third-order valence-corrected chi connectivity index (χ3v) is 2.51. The largest absolute Gasteiger partial charge is 0.476 e. The van der Waals surface area contributed by atoms with Crippen molar-refractivity contribution in [3.05, 3.63) is 11.4 Å². The van der Waals surface area contributed by atoms with Gasteiger partial charge in [0.25, 0.3) is 0 Å². The second-order valence-electron chi connectivity index (χ2n) is 4.34. The molecule has 0 radical (unpaired) electrons. The molecule has 0 fully saturated rings. The summed E-state index contributed by atoms with van der Waals surface area (Å²) in [5.41, 5.74) is 0.741. The minimum atomic E-state index is -1.02. The van der Waals surface area contributed by atoms with Crippen LogP contribution >= 0.6 is 0 Å². The molecular weight excluding hydrogens is 222 g/mol. The number of hydrogen-bond acceptors (Lipinski definition) is 4. The number of aromatic nitrogens is 3. The van der Waals surface area contributed by atoms with Crippen molar-refractivity contribution in [2.45, 2.75) is 33.2 Å². The third kappa shape index (κ3) is 3.81. The van der Waals surface area contributed by atoms with Crippen LogP contribution in [0.3, 0.4) is 0 Å². The minimum Gasteiger partial charge on any atom is -0.476 e. The molecule has 0 spiro atoms. The van der Waals surface area contributed by atoms with E-state index in [-0.39, 0.29) is 5.69 Å². The lowest BCUT2D eigenvalue weighted by Crippen LogP contribution is -2.12. The summed E-state index contributed by atoms with van der Waals surface area (Å²) in [6.07, 6.45) is 1.59. The van der Waals surface area contributed by atoms with Gasteiger partial charge in [0.2, 0.25) is 0 Å². The topological polar surface area (TPSA) is 77.2 Å². The Kier molecular flexibility index (Phi) is 5.09. The van der Waals surface area contributed by atoms with Crippen molar-refractivity contribution >= 4 is 5.97 Å². The maximum atomic E-state index is 11.0. The number of rotatable bonds is 7. The van der Waals surface area contributed by atoms with Gasteiger partial charge in [-0.2, -0.15) is 0 Å². The number of nitrogens with zero attached hydrogens (tertiary/aromatic N) is 3. The van der Waals surface area contributed by atoms with Crippen molar-refractivity contribution < 1.29 is 14.6 Å². The summed E-state index contributed by atoms with van der Waals surface area (Å²) in [4.78, 5) is 11.0. The van der Waals surface area contributed by atoms with Gasteiger partial charge in [-0.3, -0.25) is 0 Å². The fraction of sp³-hybridized carbons (Fsp3) is 0.727. The van der Waals surface area contributed by atoms with Crippen LogP contribution in [0.15, 0.2) is 0 Å². The van der Waals surface area contributed by atoms with Gasteiger partial charge in [-0.1, -0.05) is 19.1 Å². The first-order valence-electron chi connectivity index (χ1n) is 5.70. The molecule has 1 heterocycles. The summed E-state index contributed by atoms with van der Waals surface area (Å²) in [5, 5.41) is 16.6. The number of ether oxygens (including phenoxy) is 1. The SMILES string of the molecule is COCCn1nnc(C(=O)O)c1CCC(C)C. The lowest BCUT2D eigenvalue weighted by molar-refractivity contribution is 0.0689. The predicted octanol–water partition coefficient (Wildman–Crippen LogP) is 1.21. The maximum absolute atomic E-state index is 11.0. The Bertz CT molecular complexity index is 374. The molecular formula is C11H19N3O3. The van der Waals surface area contributed by atoms with E-state index in [4.69, 9.17) is 9.84 Å². The minimum absolute atomic E-state index is 0.0572. The lowest BCUT2D eigenvalue weighted by atomic mass is 10.1. The van der Waals surface area contributed by atoms with Crippen molar-refractivity contribution in [2.75, 3.05) is 13.7 Å². The third-order valence-electron chi connectivity index (χ3n) is 2.51. The van der Waals surface area contributed by atoms with Crippen molar-refractivity contribution in [3.63, 3.8) is 0 Å². The van der Waals surface area contributed by atoms with E-state index < -0.39 is 5.97 Å². The summed E-state index contributed by atoms with van der Waals surface area (Å²) in [6, 6.07) is 0. The van der Waals surface area contributed by atoms with Crippen molar-refractivity contribution in [1.29, 1.82) is 0 Å². The fourth-order valence-corrected chi connectivity index (χ4v) is 1.53. The molecule has 1 rings (SSSR count). The van der Waals surface area contributed by atoms with E-state index in [2.05, 4.69) is 24.2 Å².